The normalized spacial score (nSPS) is 34.9. The van der Waals surface area contributed by atoms with E-state index in [1.54, 1.807) is 0 Å². The summed E-state index contributed by atoms with van der Waals surface area (Å²) in [4.78, 5) is 29.5. The van der Waals surface area contributed by atoms with Crippen LogP contribution in [0.4, 0.5) is 5.69 Å². The summed E-state index contributed by atoms with van der Waals surface area (Å²) >= 11 is 0. The smallest absolute Gasteiger partial charge is 0.329 e. The largest absolute Gasteiger partial charge is 0.733 e. The number of amides is 1. The van der Waals surface area contributed by atoms with Crippen LogP contribution in [0.15, 0.2) is 41.1 Å². The molecule has 4 aliphatic carbocycles. The van der Waals surface area contributed by atoms with Gasteiger partial charge in [0.2, 0.25) is 0 Å². The summed E-state index contributed by atoms with van der Waals surface area (Å²) in [5.74, 6) is -0.447. The zero-order valence-corrected chi connectivity index (χ0v) is 23.5. The number of rotatable bonds is 8. The number of hydrogen-bond acceptors (Lipinski definition) is 9. The van der Waals surface area contributed by atoms with Crippen LogP contribution in [0.3, 0.4) is 0 Å². The van der Waals surface area contributed by atoms with Gasteiger partial charge in [0.25, 0.3) is 5.91 Å². The van der Waals surface area contributed by atoms with Gasteiger partial charge in [-0.2, -0.15) is 0 Å². The topological polar surface area (TPSA) is 175 Å². The number of carbonyl (C=O) groups is 2. The van der Waals surface area contributed by atoms with Crippen LogP contribution in [0.25, 0.3) is 0 Å². The van der Waals surface area contributed by atoms with Crippen LogP contribution >= 0.6 is 0 Å². The van der Waals surface area contributed by atoms with Gasteiger partial charge in [-0.05, 0) is 104 Å². The molecule has 1 aromatic rings. The Bertz CT molecular complexity index is 1230. The molecule has 0 heterocycles. The molecule has 0 saturated heterocycles. The average Bonchev–Trinajstić information content (AvgIpc) is 3.25. The van der Waals surface area contributed by atoms with E-state index in [0.29, 0.717) is 24.2 Å². The predicted octanol–water partition coefficient (Wildman–Crippen LogP) is 3.68. The van der Waals surface area contributed by atoms with Gasteiger partial charge in [-0.15, -0.1) is 0 Å². The van der Waals surface area contributed by atoms with Crippen molar-refractivity contribution in [3.8, 4) is 0 Å². The molecule has 0 aliphatic heterocycles. The third-order valence-corrected chi connectivity index (χ3v) is 10.6. The number of aliphatic carboxylic acids is 1. The lowest BCUT2D eigenvalue weighted by atomic mass is 9.47. The summed E-state index contributed by atoms with van der Waals surface area (Å²) < 4.78 is 0. The molecular formula is C30H40N3O8-. The van der Waals surface area contributed by atoms with Crippen molar-refractivity contribution < 1.29 is 35.0 Å². The summed E-state index contributed by atoms with van der Waals surface area (Å²) in [6.45, 7) is 4.13. The number of carboxylic acids is 1. The molecular weight excluding hydrogens is 530 g/mol. The molecule has 3 saturated carbocycles. The number of benzene rings is 1. The Hall–Kier alpha value is -2.99. The Morgan fingerprint density at radius 1 is 1.17 bits per heavy atom. The van der Waals surface area contributed by atoms with E-state index >= 15 is 0 Å². The van der Waals surface area contributed by atoms with E-state index in [4.69, 9.17) is 10.0 Å². The zero-order chi connectivity index (χ0) is 29.5. The fraction of sp³-hybridized carbons (Fsp3) is 0.633. The van der Waals surface area contributed by atoms with Crippen molar-refractivity contribution in [1.29, 1.82) is 0 Å². The second-order valence-electron chi connectivity index (χ2n) is 12.7. The van der Waals surface area contributed by atoms with E-state index in [0.717, 1.165) is 56.7 Å². The number of allylic oxidation sites excluding steroid dienone is 2. The van der Waals surface area contributed by atoms with E-state index in [1.807, 2.05) is 0 Å². The molecule has 41 heavy (non-hydrogen) atoms. The Balaban J connectivity index is 1.19. The SMILES string of the molecule is C[C@]12CC[C@H]3[C@@H](CCC4=CC(=NOCC(=O)N[C@H](C(=O)O)[C@H](O)c5cccc(N([O-])O)c5)CC[C@@]43C)[C@@H]1CC[C@@H]2O. The first-order chi connectivity index (χ1) is 19.4. The highest BCUT2D eigenvalue weighted by atomic mass is 16.8. The summed E-state index contributed by atoms with van der Waals surface area (Å²) in [5.41, 5.74) is 2.10. The second-order valence-corrected chi connectivity index (χ2v) is 12.7. The van der Waals surface area contributed by atoms with Crippen LogP contribution in [0.5, 0.6) is 0 Å². The van der Waals surface area contributed by atoms with E-state index in [9.17, 15) is 30.1 Å². The van der Waals surface area contributed by atoms with Crippen LogP contribution in [0, 0.1) is 33.8 Å². The molecule has 0 aromatic heterocycles. The second kappa shape index (κ2) is 11.4. The van der Waals surface area contributed by atoms with Gasteiger partial charge in [0.05, 0.1) is 17.5 Å². The third-order valence-electron chi connectivity index (χ3n) is 10.6. The number of oxime groups is 1. The number of hydrogen-bond donors (Lipinski definition) is 5. The lowest BCUT2D eigenvalue weighted by Crippen LogP contribution is -2.51. The Morgan fingerprint density at radius 2 is 1.95 bits per heavy atom. The molecule has 0 unspecified atom stereocenters. The number of nitrogens with one attached hydrogen (secondary N) is 1. The van der Waals surface area contributed by atoms with Gasteiger partial charge < -0.3 is 35.9 Å². The van der Waals surface area contributed by atoms with Gasteiger partial charge in [-0.3, -0.25) is 10.0 Å². The minimum absolute atomic E-state index is 0.0320. The molecule has 1 amide bonds. The fourth-order valence-corrected chi connectivity index (χ4v) is 8.30. The zero-order valence-electron chi connectivity index (χ0n) is 23.5. The number of aliphatic hydroxyl groups excluding tert-OH is 2. The number of carboxylic acid groups (broad SMARTS) is 1. The molecule has 0 radical (unpaired) electrons. The molecule has 0 spiro atoms. The average molecular weight is 571 g/mol. The highest BCUT2D eigenvalue weighted by Gasteiger charge is 2.58. The van der Waals surface area contributed by atoms with Gasteiger partial charge in [0, 0.05) is 0 Å². The molecule has 4 aliphatic rings. The van der Waals surface area contributed by atoms with Crippen molar-refractivity contribution in [3.05, 3.63) is 46.7 Å². The molecule has 11 heteroatoms. The van der Waals surface area contributed by atoms with E-state index in [2.05, 4.69) is 30.4 Å². The van der Waals surface area contributed by atoms with Crippen molar-refractivity contribution in [1.82, 2.24) is 5.32 Å². The molecule has 224 valence electrons. The summed E-state index contributed by atoms with van der Waals surface area (Å²) in [7, 11) is 0. The van der Waals surface area contributed by atoms with Crippen molar-refractivity contribution in [2.24, 2.45) is 33.7 Å². The standard InChI is InChI=1S/C30H40N3O8/c1-29-12-10-19(15-18(29)6-7-21-22-8-9-24(34)30(22,2)13-11-23(21)29)32-41-16-25(35)31-26(28(37)38)27(36)17-4-3-5-20(14-17)33(39)40/h3-5,14-15,21-24,26-27,34,36,39H,6-13,16H2,1-2H3,(H,31,35)(H,37,38)/q-1/t21-,22-,23-,24-,26-,27+,29-,30-/m0/s1. The number of anilines is 1. The van der Waals surface area contributed by atoms with Gasteiger partial charge >= 0.3 is 5.97 Å². The highest BCUT2D eigenvalue weighted by Crippen LogP contribution is 2.65. The maximum atomic E-state index is 12.5. The lowest BCUT2D eigenvalue weighted by molar-refractivity contribution is -0.146. The van der Waals surface area contributed by atoms with E-state index in [1.165, 1.54) is 23.8 Å². The number of carbonyl (C=O) groups excluding carboxylic acids is 1. The fourth-order valence-electron chi connectivity index (χ4n) is 8.30. The van der Waals surface area contributed by atoms with Crippen molar-refractivity contribution in [2.75, 3.05) is 11.8 Å². The summed E-state index contributed by atoms with van der Waals surface area (Å²) in [6.07, 6.45) is 8.22. The third kappa shape index (κ3) is 5.48. The van der Waals surface area contributed by atoms with Crippen LogP contribution in [0.2, 0.25) is 0 Å². The summed E-state index contributed by atoms with van der Waals surface area (Å²) in [5, 5.41) is 57.0. The van der Waals surface area contributed by atoms with E-state index in [-0.39, 0.29) is 28.2 Å². The molecule has 5 rings (SSSR count). The van der Waals surface area contributed by atoms with Crippen molar-refractivity contribution >= 4 is 23.3 Å². The van der Waals surface area contributed by atoms with Crippen molar-refractivity contribution in [2.45, 2.75) is 83.5 Å². The molecule has 0 bridgehead atoms. The first kappa shape index (κ1) is 29.5. The maximum absolute atomic E-state index is 12.5. The Labute approximate surface area is 239 Å². The van der Waals surface area contributed by atoms with Gasteiger partial charge in [-0.25, -0.2) is 4.79 Å². The number of nitrogens with zero attached hydrogens (tertiary/aromatic N) is 2. The predicted molar refractivity (Wildman–Crippen MR) is 150 cm³/mol. The Morgan fingerprint density at radius 3 is 2.68 bits per heavy atom. The monoisotopic (exact) mass is 570 g/mol. The maximum Gasteiger partial charge on any atom is 0.329 e. The van der Waals surface area contributed by atoms with Crippen LogP contribution in [-0.4, -0.2) is 56.9 Å². The lowest BCUT2D eigenvalue weighted by Gasteiger charge is -2.57. The number of aliphatic hydroxyl groups is 2. The minimum Gasteiger partial charge on any atom is -0.733 e. The van der Waals surface area contributed by atoms with E-state index < -0.39 is 35.9 Å². The van der Waals surface area contributed by atoms with Gasteiger partial charge in [-0.1, -0.05) is 36.7 Å². The molecule has 1 aromatic carbocycles. The van der Waals surface area contributed by atoms with Gasteiger partial charge in [0.15, 0.2) is 12.6 Å². The van der Waals surface area contributed by atoms with Crippen molar-refractivity contribution in [3.63, 3.8) is 0 Å². The van der Waals surface area contributed by atoms with Crippen LogP contribution < -0.4 is 10.5 Å². The first-order valence-corrected chi connectivity index (χ1v) is 14.5. The minimum atomic E-state index is -1.71. The highest BCUT2D eigenvalue weighted by molar-refractivity contribution is 5.96. The summed E-state index contributed by atoms with van der Waals surface area (Å²) in [6, 6.07) is 3.45. The van der Waals surface area contributed by atoms with Crippen LogP contribution in [0.1, 0.15) is 76.9 Å². The Kier molecular flexibility index (Phi) is 8.17. The molecule has 8 atom stereocenters. The quantitative estimate of drug-likeness (QED) is 0.292. The van der Waals surface area contributed by atoms with Gasteiger partial charge in [0.1, 0.15) is 6.10 Å². The molecule has 3 fully saturated rings. The molecule has 11 nitrogen and oxygen atoms in total. The molecule has 5 N–H and O–H groups in total. The number of fused-ring (bicyclic) bond motifs is 5. The van der Waals surface area contributed by atoms with Crippen LogP contribution in [-0.2, 0) is 14.4 Å². The first-order valence-electron chi connectivity index (χ1n) is 14.5.